The standard InChI is InChI=1S/C19H33N3O2/c23-18(20-13-15-6-10-22(14-15)17-4-5-17)21-16-7-11-24-19(12-16)8-2-1-3-9-19/h15-17H,1-14H2,(H2,20,21,23)/t15-,16-/m0/s1. The molecule has 0 bridgehead atoms. The van der Waals surface area contributed by atoms with E-state index in [0.717, 1.165) is 32.0 Å². The van der Waals surface area contributed by atoms with E-state index in [-0.39, 0.29) is 17.7 Å². The van der Waals surface area contributed by atoms with Gasteiger partial charge in [-0.25, -0.2) is 4.79 Å². The Hall–Kier alpha value is -0.810. The highest BCUT2D eigenvalue weighted by Crippen LogP contribution is 2.38. The third-order valence-corrected chi connectivity index (χ3v) is 6.52. The Morgan fingerprint density at radius 3 is 2.75 bits per heavy atom. The largest absolute Gasteiger partial charge is 0.375 e. The zero-order valence-corrected chi connectivity index (χ0v) is 14.9. The number of rotatable bonds is 4. The summed E-state index contributed by atoms with van der Waals surface area (Å²) in [6.45, 7) is 4.01. The van der Waals surface area contributed by atoms with E-state index in [1.165, 1.54) is 64.5 Å². The molecule has 0 aromatic carbocycles. The van der Waals surface area contributed by atoms with E-state index in [9.17, 15) is 4.79 Å². The zero-order valence-electron chi connectivity index (χ0n) is 14.9. The smallest absolute Gasteiger partial charge is 0.315 e. The molecule has 24 heavy (non-hydrogen) atoms. The molecule has 4 rings (SSSR count). The maximum Gasteiger partial charge on any atom is 0.315 e. The van der Waals surface area contributed by atoms with Gasteiger partial charge in [-0.05, 0) is 57.4 Å². The summed E-state index contributed by atoms with van der Waals surface area (Å²) in [5.74, 6) is 0.635. The van der Waals surface area contributed by atoms with Gasteiger partial charge in [0.2, 0.25) is 0 Å². The molecule has 2 aliphatic carbocycles. The van der Waals surface area contributed by atoms with Gasteiger partial charge in [0.05, 0.1) is 5.60 Å². The number of ether oxygens (including phenoxy) is 1. The number of likely N-dealkylation sites (tertiary alicyclic amines) is 1. The minimum Gasteiger partial charge on any atom is -0.375 e. The summed E-state index contributed by atoms with van der Waals surface area (Å²) in [6, 6.07) is 1.17. The van der Waals surface area contributed by atoms with Crippen molar-refractivity contribution in [3.63, 3.8) is 0 Å². The van der Waals surface area contributed by atoms with E-state index in [0.29, 0.717) is 5.92 Å². The Morgan fingerprint density at radius 1 is 1.12 bits per heavy atom. The van der Waals surface area contributed by atoms with Crippen LogP contribution in [0.15, 0.2) is 0 Å². The first-order chi connectivity index (χ1) is 11.7. The van der Waals surface area contributed by atoms with Gasteiger partial charge in [-0.2, -0.15) is 0 Å². The van der Waals surface area contributed by atoms with Gasteiger partial charge in [-0.3, -0.25) is 0 Å². The van der Waals surface area contributed by atoms with Crippen molar-refractivity contribution in [2.45, 2.75) is 81.9 Å². The van der Waals surface area contributed by atoms with Crippen molar-refractivity contribution in [2.75, 3.05) is 26.2 Å². The normalized spacial score (nSPS) is 33.5. The van der Waals surface area contributed by atoms with Crippen molar-refractivity contribution >= 4 is 6.03 Å². The van der Waals surface area contributed by atoms with Crippen molar-refractivity contribution in [1.29, 1.82) is 0 Å². The molecule has 5 heteroatoms. The molecule has 4 aliphatic rings. The minimum absolute atomic E-state index is 0.0257. The average Bonchev–Trinajstić information content (AvgIpc) is 3.32. The SMILES string of the molecule is O=C(NC[C@@H]1CCN(C2CC2)C1)N[C@H]1CCOC2(CCCCC2)C1. The first kappa shape index (κ1) is 16.6. The van der Waals surface area contributed by atoms with Crippen molar-refractivity contribution in [2.24, 2.45) is 5.92 Å². The fourth-order valence-corrected chi connectivity index (χ4v) is 4.97. The summed E-state index contributed by atoms with van der Waals surface area (Å²) in [7, 11) is 0. The van der Waals surface area contributed by atoms with Crippen LogP contribution in [0.1, 0.15) is 64.2 Å². The van der Waals surface area contributed by atoms with Crippen LogP contribution in [-0.4, -0.2) is 54.9 Å². The lowest BCUT2D eigenvalue weighted by Gasteiger charge is -2.43. The highest BCUT2D eigenvalue weighted by molar-refractivity contribution is 5.74. The Kier molecular flexibility index (Phi) is 5.00. The van der Waals surface area contributed by atoms with Crippen molar-refractivity contribution in [1.82, 2.24) is 15.5 Å². The van der Waals surface area contributed by atoms with E-state index in [1.807, 2.05) is 0 Å². The van der Waals surface area contributed by atoms with Crippen LogP contribution in [0.25, 0.3) is 0 Å². The molecule has 2 aliphatic heterocycles. The minimum atomic E-state index is 0.0257. The molecule has 0 aromatic rings. The van der Waals surface area contributed by atoms with Crippen LogP contribution in [0.5, 0.6) is 0 Å². The Balaban J connectivity index is 1.18. The van der Waals surface area contributed by atoms with E-state index in [4.69, 9.17) is 4.74 Å². The molecule has 0 aromatic heterocycles. The van der Waals surface area contributed by atoms with Gasteiger partial charge >= 0.3 is 6.03 Å². The predicted octanol–water partition coefficient (Wildman–Crippen LogP) is 2.65. The molecule has 0 radical (unpaired) electrons. The Morgan fingerprint density at radius 2 is 1.96 bits per heavy atom. The van der Waals surface area contributed by atoms with Gasteiger partial charge in [-0.1, -0.05) is 19.3 Å². The molecule has 1 spiro atoms. The summed E-state index contributed by atoms with van der Waals surface area (Å²) in [5, 5.41) is 6.34. The third-order valence-electron chi connectivity index (χ3n) is 6.52. The monoisotopic (exact) mass is 335 g/mol. The van der Waals surface area contributed by atoms with Crippen LogP contribution >= 0.6 is 0 Å². The lowest BCUT2D eigenvalue weighted by Crippen LogP contribution is -2.52. The molecule has 5 nitrogen and oxygen atoms in total. The summed E-state index contributed by atoms with van der Waals surface area (Å²) < 4.78 is 6.12. The summed E-state index contributed by atoms with van der Waals surface area (Å²) in [6.07, 6.45) is 12.2. The van der Waals surface area contributed by atoms with E-state index in [1.54, 1.807) is 0 Å². The van der Waals surface area contributed by atoms with Crippen molar-refractivity contribution in [3.05, 3.63) is 0 Å². The molecule has 2 saturated heterocycles. The molecule has 136 valence electrons. The molecule has 0 unspecified atom stereocenters. The topological polar surface area (TPSA) is 53.6 Å². The molecular formula is C19H33N3O2. The number of urea groups is 1. The summed E-state index contributed by atoms with van der Waals surface area (Å²) in [5.41, 5.74) is 0.0602. The van der Waals surface area contributed by atoms with Gasteiger partial charge < -0.3 is 20.3 Å². The fraction of sp³-hybridized carbons (Fsp3) is 0.947. The number of amides is 2. The van der Waals surface area contributed by atoms with Crippen LogP contribution in [0.3, 0.4) is 0 Å². The third kappa shape index (κ3) is 4.05. The van der Waals surface area contributed by atoms with Crippen LogP contribution < -0.4 is 10.6 Å². The van der Waals surface area contributed by atoms with E-state index < -0.39 is 0 Å². The molecule has 2 N–H and O–H groups in total. The van der Waals surface area contributed by atoms with Crippen LogP contribution in [-0.2, 0) is 4.74 Å². The second-order valence-electron chi connectivity index (χ2n) is 8.52. The lowest BCUT2D eigenvalue weighted by atomic mass is 9.78. The molecular weight excluding hydrogens is 302 g/mol. The van der Waals surface area contributed by atoms with Crippen molar-refractivity contribution in [3.8, 4) is 0 Å². The second-order valence-corrected chi connectivity index (χ2v) is 8.52. The fourth-order valence-electron chi connectivity index (χ4n) is 4.97. The number of nitrogens with zero attached hydrogens (tertiary/aromatic N) is 1. The number of hydrogen-bond donors (Lipinski definition) is 2. The average molecular weight is 335 g/mol. The van der Waals surface area contributed by atoms with Gasteiger partial charge in [0.25, 0.3) is 0 Å². The van der Waals surface area contributed by atoms with Crippen LogP contribution in [0.2, 0.25) is 0 Å². The number of nitrogens with one attached hydrogen (secondary N) is 2. The first-order valence-corrected chi connectivity index (χ1v) is 10.1. The second kappa shape index (κ2) is 7.20. The van der Waals surface area contributed by atoms with Crippen LogP contribution in [0, 0.1) is 5.92 Å². The highest BCUT2D eigenvalue weighted by Gasteiger charge is 2.39. The van der Waals surface area contributed by atoms with E-state index in [2.05, 4.69) is 15.5 Å². The summed E-state index contributed by atoms with van der Waals surface area (Å²) >= 11 is 0. The molecule has 2 saturated carbocycles. The highest BCUT2D eigenvalue weighted by atomic mass is 16.5. The number of carbonyl (C=O) groups excluding carboxylic acids is 1. The van der Waals surface area contributed by atoms with Gasteiger partial charge in [0, 0.05) is 31.8 Å². The summed E-state index contributed by atoms with van der Waals surface area (Å²) in [4.78, 5) is 14.9. The van der Waals surface area contributed by atoms with Crippen molar-refractivity contribution < 1.29 is 9.53 Å². The quantitative estimate of drug-likeness (QED) is 0.830. The van der Waals surface area contributed by atoms with Gasteiger partial charge in [0.1, 0.15) is 0 Å². The maximum atomic E-state index is 12.3. The molecule has 2 amide bonds. The number of carbonyl (C=O) groups is 1. The lowest BCUT2D eigenvalue weighted by molar-refractivity contribution is -0.107. The number of hydrogen-bond acceptors (Lipinski definition) is 3. The molecule has 2 heterocycles. The van der Waals surface area contributed by atoms with Crippen LogP contribution in [0.4, 0.5) is 4.79 Å². The molecule has 2 atom stereocenters. The first-order valence-electron chi connectivity index (χ1n) is 10.1. The van der Waals surface area contributed by atoms with Gasteiger partial charge in [0.15, 0.2) is 0 Å². The Labute approximate surface area is 145 Å². The zero-order chi connectivity index (χ0) is 16.4. The van der Waals surface area contributed by atoms with E-state index >= 15 is 0 Å². The van der Waals surface area contributed by atoms with Gasteiger partial charge in [-0.15, -0.1) is 0 Å². The predicted molar refractivity (Wildman–Crippen MR) is 94.0 cm³/mol. The molecule has 4 fully saturated rings. The maximum absolute atomic E-state index is 12.3. The Bertz CT molecular complexity index is 440.